The minimum absolute atomic E-state index is 0.0627. The van der Waals surface area contributed by atoms with Gasteiger partial charge in [0.1, 0.15) is 11.4 Å². The number of benzene rings is 1. The third kappa shape index (κ3) is 3.19. The fraction of sp³-hybridized carbons (Fsp3) is 0.357. The van der Waals surface area contributed by atoms with Gasteiger partial charge >= 0.3 is 5.69 Å². The second-order valence-corrected chi connectivity index (χ2v) is 4.64. The Kier molecular flexibility index (Phi) is 4.54. The van der Waals surface area contributed by atoms with E-state index in [-0.39, 0.29) is 18.2 Å². The van der Waals surface area contributed by atoms with Crippen LogP contribution in [0.2, 0.25) is 0 Å². The van der Waals surface area contributed by atoms with Crippen LogP contribution in [0, 0.1) is 10.1 Å². The topological polar surface area (TPSA) is 90.4 Å². The van der Waals surface area contributed by atoms with Crippen LogP contribution in [0.15, 0.2) is 24.3 Å². The SMILES string of the molecule is CCCc1nn(C)c(Oc2ccc(CO)cc2)c1[N+](=O)[O-]. The van der Waals surface area contributed by atoms with Gasteiger partial charge in [-0.3, -0.25) is 10.1 Å². The zero-order valence-electron chi connectivity index (χ0n) is 11.9. The zero-order chi connectivity index (χ0) is 15.4. The Morgan fingerprint density at radius 3 is 2.57 bits per heavy atom. The number of rotatable bonds is 6. The van der Waals surface area contributed by atoms with Gasteiger partial charge in [-0.1, -0.05) is 25.5 Å². The number of nitro groups is 1. The number of hydrogen-bond donors (Lipinski definition) is 1. The molecule has 0 aliphatic rings. The molecular weight excluding hydrogens is 274 g/mol. The summed E-state index contributed by atoms with van der Waals surface area (Å²) in [6, 6.07) is 6.71. The number of nitrogens with zero attached hydrogens (tertiary/aromatic N) is 3. The van der Waals surface area contributed by atoms with Gasteiger partial charge in [0, 0.05) is 7.05 Å². The Labute approximate surface area is 121 Å². The van der Waals surface area contributed by atoms with E-state index in [0.717, 1.165) is 12.0 Å². The van der Waals surface area contributed by atoms with Crippen LogP contribution < -0.4 is 4.74 Å². The number of hydrogen-bond acceptors (Lipinski definition) is 5. The fourth-order valence-corrected chi connectivity index (χ4v) is 2.03. The maximum Gasteiger partial charge on any atom is 0.353 e. The van der Waals surface area contributed by atoms with Gasteiger partial charge in [0.2, 0.25) is 0 Å². The highest BCUT2D eigenvalue weighted by Crippen LogP contribution is 2.34. The standard InChI is InChI=1S/C14H17N3O4/c1-3-4-12-13(17(19)20)14(16(2)15-12)21-11-7-5-10(9-18)6-8-11/h5-8,18H,3-4,9H2,1-2H3. The van der Waals surface area contributed by atoms with Crippen LogP contribution in [0.5, 0.6) is 11.6 Å². The number of ether oxygens (including phenoxy) is 1. The van der Waals surface area contributed by atoms with E-state index in [4.69, 9.17) is 9.84 Å². The lowest BCUT2D eigenvalue weighted by Gasteiger charge is -2.05. The monoisotopic (exact) mass is 291 g/mol. The first-order valence-electron chi connectivity index (χ1n) is 6.64. The average Bonchev–Trinajstić information content (AvgIpc) is 2.76. The Bertz CT molecular complexity index is 634. The van der Waals surface area contributed by atoms with E-state index in [9.17, 15) is 10.1 Å². The molecule has 1 heterocycles. The Hall–Kier alpha value is -2.41. The summed E-state index contributed by atoms with van der Waals surface area (Å²) in [5.74, 6) is 0.571. The van der Waals surface area contributed by atoms with E-state index < -0.39 is 4.92 Å². The summed E-state index contributed by atoms with van der Waals surface area (Å²) < 4.78 is 6.98. The maximum absolute atomic E-state index is 11.3. The normalized spacial score (nSPS) is 10.6. The van der Waals surface area contributed by atoms with Crippen LogP contribution in [0.25, 0.3) is 0 Å². The van der Waals surface area contributed by atoms with Crippen molar-refractivity contribution in [3.63, 3.8) is 0 Å². The zero-order valence-corrected chi connectivity index (χ0v) is 11.9. The predicted molar refractivity (Wildman–Crippen MR) is 76.3 cm³/mol. The molecule has 0 amide bonds. The van der Waals surface area contributed by atoms with Crippen LogP contribution >= 0.6 is 0 Å². The quantitative estimate of drug-likeness (QED) is 0.652. The molecule has 0 aliphatic carbocycles. The third-order valence-electron chi connectivity index (χ3n) is 3.03. The average molecular weight is 291 g/mol. The van der Waals surface area contributed by atoms with Crippen molar-refractivity contribution in [1.82, 2.24) is 9.78 Å². The fourth-order valence-electron chi connectivity index (χ4n) is 2.03. The molecule has 0 spiro atoms. The molecule has 0 aliphatic heterocycles. The molecule has 2 aromatic rings. The minimum Gasteiger partial charge on any atom is -0.434 e. The smallest absolute Gasteiger partial charge is 0.353 e. The van der Waals surface area contributed by atoms with Crippen molar-refractivity contribution in [3.05, 3.63) is 45.6 Å². The van der Waals surface area contributed by atoms with Gasteiger partial charge in [-0.15, -0.1) is 0 Å². The highest BCUT2D eigenvalue weighted by atomic mass is 16.6. The van der Waals surface area contributed by atoms with Crippen molar-refractivity contribution in [3.8, 4) is 11.6 Å². The van der Waals surface area contributed by atoms with Gasteiger partial charge in [-0.2, -0.15) is 5.10 Å². The second-order valence-electron chi connectivity index (χ2n) is 4.64. The number of aliphatic hydroxyl groups is 1. The van der Waals surface area contributed by atoms with Gasteiger partial charge in [0.05, 0.1) is 11.5 Å². The van der Waals surface area contributed by atoms with E-state index in [2.05, 4.69) is 5.10 Å². The van der Waals surface area contributed by atoms with Crippen LogP contribution in [-0.4, -0.2) is 19.8 Å². The summed E-state index contributed by atoms with van der Waals surface area (Å²) in [5, 5.41) is 24.4. The second kappa shape index (κ2) is 6.36. The molecular formula is C14H17N3O4. The lowest BCUT2D eigenvalue weighted by Crippen LogP contribution is -1.97. The van der Waals surface area contributed by atoms with E-state index in [1.807, 2.05) is 6.92 Å². The van der Waals surface area contributed by atoms with Crippen molar-refractivity contribution >= 4 is 5.69 Å². The van der Waals surface area contributed by atoms with Crippen LogP contribution in [0.4, 0.5) is 5.69 Å². The number of aryl methyl sites for hydroxylation is 2. The third-order valence-corrected chi connectivity index (χ3v) is 3.03. The first kappa shape index (κ1) is 15.0. The molecule has 1 aromatic heterocycles. The van der Waals surface area contributed by atoms with Crippen molar-refractivity contribution in [2.24, 2.45) is 7.05 Å². The molecule has 1 aromatic carbocycles. The highest BCUT2D eigenvalue weighted by molar-refractivity contribution is 5.48. The van der Waals surface area contributed by atoms with E-state index in [1.165, 1.54) is 4.68 Å². The summed E-state index contributed by atoms with van der Waals surface area (Å²) in [7, 11) is 1.61. The van der Waals surface area contributed by atoms with Gasteiger partial charge in [-0.05, 0) is 24.1 Å². The van der Waals surface area contributed by atoms with Crippen molar-refractivity contribution in [1.29, 1.82) is 0 Å². The Morgan fingerprint density at radius 1 is 1.38 bits per heavy atom. The first-order chi connectivity index (χ1) is 10.1. The highest BCUT2D eigenvalue weighted by Gasteiger charge is 2.28. The van der Waals surface area contributed by atoms with Gasteiger partial charge in [0.25, 0.3) is 5.88 Å². The summed E-state index contributed by atoms with van der Waals surface area (Å²) in [5.41, 5.74) is 1.08. The molecule has 0 radical (unpaired) electrons. The molecule has 7 nitrogen and oxygen atoms in total. The van der Waals surface area contributed by atoms with Crippen LogP contribution in [0.1, 0.15) is 24.6 Å². The largest absolute Gasteiger partial charge is 0.434 e. The van der Waals surface area contributed by atoms with E-state index in [0.29, 0.717) is 17.9 Å². The summed E-state index contributed by atoms with van der Waals surface area (Å²) in [4.78, 5) is 10.8. The van der Waals surface area contributed by atoms with E-state index >= 15 is 0 Å². The molecule has 0 atom stereocenters. The van der Waals surface area contributed by atoms with Crippen LogP contribution in [0.3, 0.4) is 0 Å². The molecule has 0 bridgehead atoms. The molecule has 2 rings (SSSR count). The van der Waals surface area contributed by atoms with Gasteiger partial charge < -0.3 is 9.84 Å². The van der Waals surface area contributed by atoms with Crippen LogP contribution in [-0.2, 0) is 20.1 Å². The molecule has 7 heteroatoms. The molecule has 0 saturated carbocycles. The van der Waals surface area contributed by atoms with Gasteiger partial charge in [0.15, 0.2) is 0 Å². The molecule has 112 valence electrons. The molecule has 0 unspecified atom stereocenters. The summed E-state index contributed by atoms with van der Waals surface area (Å²) >= 11 is 0. The molecule has 0 saturated heterocycles. The maximum atomic E-state index is 11.3. The lowest BCUT2D eigenvalue weighted by molar-refractivity contribution is -0.386. The lowest BCUT2D eigenvalue weighted by atomic mass is 10.2. The number of aromatic nitrogens is 2. The Balaban J connectivity index is 2.35. The Morgan fingerprint density at radius 2 is 2.05 bits per heavy atom. The molecule has 0 fully saturated rings. The number of aliphatic hydroxyl groups excluding tert-OH is 1. The summed E-state index contributed by atoms with van der Waals surface area (Å²) in [6.07, 6.45) is 1.29. The summed E-state index contributed by atoms with van der Waals surface area (Å²) in [6.45, 7) is 1.87. The first-order valence-corrected chi connectivity index (χ1v) is 6.64. The van der Waals surface area contributed by atoms with Crippen molar-refractivity contribution < 1.29 is 14.8 Å². The van der Waals surface area contributed by atoms with Crippen molar-refractivity contribution in [2.45, 2.75) is 26.4 Å². The minimum atomic E-state index is -0.463. The molecule has 21 heavy (non-hydrogen) atoms. The van der Waals surface area contributed by atoms with Gasteiger partial charge in [-0.25, -0.2) is 4.68 Å². The predicted octanol–water partition coefficient (Wildman–Crippen LogP) is 2.57. The van der Waals surface area contributed by atoms with Crippen molar-refractivity contribution in [2.75, 3.05) is 0 Å². The molecule has 1 N–H and O–H groups in total. The van der Waals surface area contributed by atoms with E-state index in [1.54, 1.807) is 31.3 Å².